The summed E-state index contributed by atoms with van der Waals surface area (Å²) in [4.78, 5) is 20.9. The minimum atomic E-state index is -0.257. The van der Waals surface area contributed by atoms with Crippen molar-refractivity contribution < 1.29 is 9.90 Å². The molecular formula is C17H18N2O2. The van der Waals surface area contributed by atoms with Crippen molar-refractivity contribution in [3.8, 4) is 5.75 Å². The van der Waals surface area contributed by atoms with Gasteiger partial charge >= 0.3 is 0 Å². The van der Waals surface area contributed by atoms with Crippen molar-refractivity contribution in [2.24, 2.45) is 0 Å². The second-order valence-corrected chi connectivity index (χ2v) is 5.08. The van der Waals surface area contributed by atoms with Crippen LogP contribution in [-0.4, -0.2) is 20.9 Å². The van der Waals surface area contributed by atoms with Crippen LogP contribution in [0.4, 0.5) is 0 Å². The SMILES string of the molecule is Cc1ccc(C(=O)/C=C/c2nc(C)c(C)nc2C)c(O)c1. The topological polar surface area (TPSA) is 63.1 Å². The number of aryl methyl sites for hydroxylation is 4. The van der Waals surface area contributed by atoms with E-state index in [9.17, 15) is 9.90 Å². The van der Waals surface area contributed by atoms with E-state index in [1.807, 2.05) is 27.7 Å². The number of aromatic hydroxyl groups is 1. The fourth-order valence-corrected chi connectivity index (χ4v) is 1.98. The maximum Gasteiger partial charge on any atom is 0.189 e. The zero-order chi connectivity index (χ0) is 15.6. The van der Waals surface area contributed by atoms with Gasteiger partial charge in [-0.15, -0.1) is 0 Å². The molecule has 0 saturated heterocycles. The van der Waals surface area contributed by atoms with Crippen LogP contribution in [0.2, 0.25) is 0 Å². The Labute approximate surface area is 124 Å². The van der Waals surface area contributed by atoms with Gasteiger partial charge in [0.15, 0.2) is 5.78 Å². The Hall–Kier alpha value is -2.49. The molecule has 21 heavy (non-hydrogen) atoms. The highest BCUT2D eigenvalue weighted by Crippen LogP contribution is 2.19. The minimum Gasteiger partial charge on any atom is -0.507 e. The van der Waals surface area contributed by atoms with Gasteiger partial charge in [0.2, 0.25) is 0 Å². The summed E-state index contributed by atoms with van der Waals surface area (Å²) in [6, 6.07) is 4.99. The number of hydrogen-bond acceptors (Lipinski definition) is 4. The van der Waals surface area contributed by atoms with E-state index in [-0.39, 0.29) is 17.1 Å². The van der Waals surface area contributed by atoms with Crippen LogP contribution >= 0.6 is 0 Å². The third-order valence-corrected chi connectivity index (χ3v) is 3.33. The largest absolute Gasteiger partial charge is 0.507 e. The van der Waals surface area contributed by atoms with Crippen LogP contribution in [0.1, 0.15) is 38.7 Å². The Morgan fingerprint density at radius 1 is 1.05 bits per heavy atom. The molecule has 0 spiro atoms. The number of phenolic OH excluding ortho intramolecular Hbond substituents is 1. The van der Waals surface area contributed by atoms with Gasteiger partial charge < -0.3 is 5.11 Å². The van der Waals surface area contributed by atoms with Gasteiger partial charge in [-0.25, -0.2) is 4.98 Å². The molecule has 1 aromatic heterocycles. The van der Waals surface area contributed by atoms with Gasteiger partial charge in [0, 0.05) is 0 Å². The third kappa shape index (κ3) is 3.34. The standard InChI is InChI=1S/C17H18N2O2/c1-10-5-6-14(17(21)9-10)16(20)8-7-15-13(4)18-11(2)12(3)19-15/h5-9,21H,1-4H3/b8-7+. The van der Waals surface area contributed by atoms with Gasteiger partial charge in [0.05, 0.1) is 28.3 Å². The molecule has 0 aliphatic carbocycles. The summed E-state index contributed by atoms with van der Waals surface area (Å²) in [6.45, 7) is 7.50. The summed E-state index contributed by atoms with van der Waals surface area (Å²) in [6.07, 6.45) is 3.05. The second kappa shape index (κ2) is 5.87. The van der Waals surface area contributed by atoms with E-state index in [0.29, 0.717) is 5.69 Å². The van der Waals surface area contributed by atoms with Crippen LogP contribution in [0.25, 0.3) is 6.08 Å². The summed E-state index contributed by atoms with van der Waals surface area (Å²) in [5.74, 6) is -0.264. The van der Waals surface area contributed by atoms with E-state index in [2.05, 4.69) is 9.97 Å². The smallest absolute Gasteiger partial charge is 0.189 e. The van der Waals surface area contributed by atoms with E-state index < -0.39 is 0 Å². The van der Waals surface area contributed by atoms with Gasteiger partial charge in [0.25, 0.3) is 0 Å². The number of benzene rings is 1. The number of aromatic nitrogens is 2. The van der Waals surface area contributed by atoms with Crippen LogP contribution in [0.5, 0.6) is 5.75 Å². The molecule has 0 amide bonds. The van der Waals surface area contributed by atoms with Crippen LogP contribution in [0, 0.1) is 27.7 Å². The predicted octanol–water partition coefficient (Wildman–Crippen LogP) is 3.31. The normalized spacial score (nSPS) is 11.0. The van der Waals surface area contributed by atoms with Gasteiger partial charge in [-0.05, 0) is 57.5 Å². The Bertz CT molecular complexity index is 734. The summed E-state index contributed by atoms with van der Waals surface area (Å²) in [5, 5.41) is 9.81. The third-order valence-electron chi connectivity index (χ3n) is 3.33. The predicted molar refractivity (Wildman–Crippen MR) is 82.5 cm³/mol. The maximum atomic E-state index is 12.1. The number of ketones is 1. The monoisotopic (exact) mass is 282 g/mol. The molecular weight excluding hydrogens is 264 g/mol. The molecule has 2 aromatic rings. The van der Waals surface area contributed by atoms with Crippen molar-refractivity contribution in [3.63, 3.8) is 0 Å². The molecule has 0 unspecified atom stereocenters. The second-order valence-electron chi connectivity index (χ2n) is 5.08. The maximum absolute atomic E-state index is 12.1. The lowest BCUT2D eigenvalue weighted by atomic mass is 10.1. The highest BCUT2D eigenvalue weighted by atomic mass is 16.3. The van der Waals surface area contributed by atoms with Gasteiger partial charge in [-0.2, -0.15) is 0 Å². The molecule has 0 saturated carbocycles. The Morgan fingerprint density at radius 3 is 2.38 bits per heavy atom. The molecule has 108 valence electrons. The number of rotatable bonds is 3. The van der Waals surface area contributed by atoms with Gasteiger partial charge in [-0.3, -0.25) is 9.78 Å². The zero-order valence-electron chi connectivity index (χ0n) is 12.6. The molecule has 4 nitrogen and oxygen atoms in total. The number of carbonyl (C=O) groups excluding carboxylic acids is 1. The number of allylic oxidation sites excluding steroid dienone is 1. The van der Waals surface area contributed by atoms with Gasteiger partial charge in [0.1, 0.15) is 5.75 Å². The number of nitrogens with zero attached hydrogens (tertiary/aromatic N) is 2. The fraction of sp³-hybridized carbons (Fsp3) is 0.235. The lowest BCUT2D eigenvalue weighted by Gasteiger charge is -2.04. The van der Waals surface area contributed by atoms with Crippen LogP contribution in [0.15, 0.2) is 24.3 Å². The summed E-state index contributed by atoms with van der Waals surface area (Å²) in [5.41, 5.74) is 4.35. The average molecular weight is 282 g/mol. The minimum absolute atomic E-state index is 0.00690. The van der Waals surface area contributed by atoms with E-state index >= 15 is 0 Å². The van der Waals surface area contributed by atoms with E-state index in [1.54, 1.807) is 24.3 Å². The highest BCUT2D eigenvalue weighted by molar-refractivity contribution is 6.08. The van der Waals surface area contributed by atoms with Crippen LogP contribution in [-0.2, 0) is 0 Å². The van der Waals surface area contributed by atoms with Gasteiger partial charge in [-0.1, -0.05) is 6.07 Å². The van der Waals surface area contributed by atoms with Crippen molar-refractivity contribution in [2.45, 2.75) is 27.7 Å². The Kier molecular flexibility index (Phi) is 4.17. The zero-order valence-corrected chi connectivity index (χ0v) is 12.6. The number of phenols is 1. The van der Waals surface area contributed by atoms with Crippen molar-refractivity contribution in [2.75, 3.05) is 0 Å². The summed E-state index contributed by atoms with van der Waals surface area (Å²) in [7, 11) is 0. The molecule has 0 radical (unpaired) electrons. The Balaban J connectivity index is 2.29. The first-order chi connectivity index (χ1) is 9.88. The molecule has 2 rings (SSSR count). The average Bonchev–Trinajstić information content (AvgIpc) is 2.41. The molecule has 0 fully saturated rings. The van der Waals surface area contributed by atoms with E-state index in [0.717, 1.165) is 22.6 Å². The van der Waals surface area contributed by atoms with Crippen molar-refractivity contribution in [1.29, 1.82) is 0 Å². The van der Waals surface area contributed by atoms with Crippen molar-refractivity contribution in [1.82, 2.24) is 9.97 Å². The molecule has 0 atom stereocenters. The Morgan fingerprint density at radius 2 is 1.71 bits per heavy atom. The van der Waals surface area contributed by atoms with Crippen LogP contribution in [0.3, 0.4) is 0 Å². The molecule has 1 heterocycles. The molecule has 4 heteroatoms. The molecule has 0 aliphatic rings. The first-order valence-corrected chi connectivity index (χ1v) is 6.72. The molecule has 0 bridgehead atoms. The van der Waals surface area contributed by atoms with Crippen molar-refractivity contribution in [3.05, 3.63) is 58.2 Å². The molecule has 0 aliphatic heterocycles. The van der Waals surface area contributed by atoms with E-state index in [4.69, 9.17) is 0 Å². The summed E-state index contributed by atoms with van der Waals surface area (Å²) >= 11 is 0. The first-order valence-electron chi connectivity index (χ1n) is 6.72. The number of hydrogen-bond donors (Lipinski definition) is 1. The summed E-state index contributed by atoms with van der Waals surface area (Å²) < 4.78 is 0. The lowest BCUT2D eigenvalue weighted by molar-refractivity contribution is 0.104. The number of carbonyl (C=O) groups is 1. The first kappa shape index (κ1) is 14.9. The van der Waals surface area contributed by atoms with Crippen LogP contribution < -0.4 is 0 Å². The highest BCUT2D eigenvalue weighted by Gasteiger charge is 2.09. The molecule has 1 N–H and O–H groups in total. The van der Waals surface area contributed by atoms with E-state index in [1.165, 1.54) is 6.08 Å². The fourth-order valence-electron chi connectivity index (χ4n) is 1.98. The molecule has 1 aromatic carbocycles. The quantitative estimate of drug-likeness (QED) is 0.693. The lowest BCUT2D eigenvalue weighted by Crippen LogP contribution is -2.00. The van der Waals surface area contributed by atoms with Crippen molar-refractivity contribution >= 4 is 11.9 Å².